The number of nitrogens with one attached hydrogen (secondary N) is 1. The molecule has 0 unspecified atom stereocenters. The van der Waals surface area contributed by atoms with Crippen molar-refractivity contribution in [3.63, 3.8) is 0 Å². The summed E-state index contributed by atoms with van der Waals surface area (Å²) in [7, 11) is 0. The first-order chi connectivity index (χ1) is 12.3. The van der Waals surface area contributed by atoms with Crippen LogP contribution in [-0.2, 0) is 4.79 Å². The van der Waals surface area contributed by atoms with Gasteiger partial charge in [-0.2, -0.15) is 0 Å². The fraction of sp³-hybridized carbons (Fsp3) is 0.0476. The molecule has 4 aromatic rings. The molecule has 0 fully saturated rings. The molecule has 25 heavy (non-hydrogen) atoms. The summed E-state index contributed by atoms with van der Waals surface area (Å²) in [6, 6.07) is 25.9. The molecule has 0 saturated heterocycles. The Labute approximate surface area is 150 Å². The number of benzene rings is 3. The van der Waals surface area contributed by atoms with E-state index in [-0.39, 0.29) is 5.91 Å². The van der Waals surface area contributed by atoms with Gasteiger partial charge in [0, 0.05) is 16.5 Å². The number of para-hydroxylation sites is 1. The third-order valence-corrected chi connectivity index (χ3v) is 4.92. The fourth-order valence-corrected chi connectivity index (χ4v) is 3.47. The molecule has 0 aliphatic carbocycles. The maximum absolute atomic E-state index is 12.3. The minimum absolute atomic E-state index is 0.0312. The van der Waals surface area contributed by atoms with Crippen molar-refractivity contribution in [2.24, 2.45) is 0 Å². The SMILES string of the molecule is O=C(CSc1ccc2ccccc2n1)Nc1cccc2ccccc12. The van der Waals surface area contributed by atoms with Crippen LogP contribution in [0.25, 0.3) is 21.7 Å². The Morgan fingerprint density at radius 3 is 2.52 bits per heavy atom. The molecule has 4 rings (SSSR count). The van der Waals surface area contributed by atoms with E-state index in [1.165, 1.54) is 11.8 Å². The second kappa shape index (κ2) is 6.95. The van der Waals surface area contributed by atoms with Crippen molar-refractivity contribution >= 4 is 45.0 Å². The van der Waals surface area contributed by atoms with E-state index >= 15 is 0 Å². The highest BCUT2D eigenvalue weighted by atomic mass is 32.2. The standard InChI is InChI=1S/C21H16N2OS/c24-20(22-19-11-5-8-15-6-1-3-9-17(15)19)14-25-21-13-12-16-7-2-4-10-18(16)23-21/h1-13H,14H2,(H,22,24). The van der Waals surface area contributed by atoms with Crippen molar-refractivity contribution in [2.45, 2.75) is 5.03 Å². The maximum atomic E-state index is 12.3. The molecular weight excluding hydrogens is 328 g/mol. The number of fused-ring (bicyclic) bond motifs is 2. The van der Waals surface area contributed by atoms with E-state index in [0.29, 0.717) is 5.75 Å². The van der Waals surface area contributed by atoms with E-state index in [9.17, 15) is 4.79 Å². The molecule has 1 amide bonds. The van der Waals surface area contributed by atoms with Crippen LogP contribution in [0.15, 0.2) is 83.9 Å². The summed E-state index contributed by atoms with van der Waals surface area (Å²) in [5.74, 6) is 0.297. The van der Waals surface area contributed by atoms with Gasteiger partial charge in [-0.15, -0.1) is 0 Å². The van der Waals surface area contributed by atoms with Gasteiger partial charge in [-0.3, -0.25) is 4.79 Å². The van der Waals surface area contributed by atoms with Crippen LogP contribution in [-0.4, -0.2) is 16.6 Å². The van der Waals surface area contributed by atoms with Crippen LogP contribution in [0.2, 0.25) is 0 Å². The highest BCUT2D eigenvalue weighted by molar-refractivity contribution is 7.99. The van der Waals surface area contributed by atoms with Gasteiger partial charge in [-0.1, -0.05) is 72.4 Å². The van der Waals surface area contributed by atoms with Crippen molar-refractivity contribution in [3.8, 4) is 0 Å². The Balaban J connectivity index is 1.46. The molecular formula is C21H16N2OS. The van der Waals surface area contributed by atoms with Gasteiger partial charge in [0.2, 0.25) is 5.91 Å². The van der Waals surface area contributed by atoms with Gasteiger partial charge < -0.3 is 5.32 Å². The van der Waals surface area contributed by atoms with Crippen LogP contribution in [0, 0.1) is 0 Å². The number of anilines is 1. The number of hydrogen-bond donors (Lipinski definition) is 1. The van der Waals surface area contributed by atoms with Crippen molar-refractivity contribution in [1.82, 2.24) is 4.98 Å². The van der Waals surface area contributed by atoms with Crippen LogP contribution < -0.4 is 5.32 Å². The Morgan fingerprint density at radius 2 is 1.60 bits per heavy atom. The van der Waals surface area contributed by atoms with Gasteiger partial charge in [0.05, 0.1) is 16.3 Å². The minimum atomic E-state index is -0.0312. The van der Waals surface area contributed by atoms with Gasteiger partial charge in [0.1, 0.15) is 0 Å². The number of nitrogens with zero attached hydrogens (tertiary/aromatic N) is 1. The number of pyridine rings is 1. The molecule has 0 bridgehead atoms. The molecule has 1 N–H and O–H groups in total. The first-order valence-electron chi connectivity index (χ1n) is 8.06. The topological polar surface area (TPSA) is 42.0 Å². The molecule has 4 heteroatoms. The monoisotopic (exact) mass is 344 g/mol. The van der Waals surface area contributed by atoms with Crippen molar-refractivity contribution in [1.29, 1.82) is 0 Å². The van der Waals surface area contributed by atoms with E-state index in [0.717, 1.165) is 32.4 Å². The lowest BCUT2D eigenvalue weighted by molar-refractivity contribution is -0.113. The zero-order valence-electron chi connectivity index (χ0n) is 13.5. The Bertz CT molecular complexity index is 1060. The number of aromatic nitrogens is 1. The van der Waals surface area contributed by atoms with Gasteiger partial charge in [0.25, 0.3) is 0 Å². The largest absolute Gasteiger partial charge is 0.325 e. The second-order valence-electron chi connectivity index (χ2n) is 5.71. The molecule has 0 saturated carbocycles. The average molecular weight is 344 g/mol. The fourth-order valence-electron chi connectivity index (χ4n) is 2.79. The third kappa shape index (κ3) is 3.49. The maximum Gasteiger partial charge on any atom is 0.234 e. The molecule has 3 nitrogen and oxygen atoms in total. The Kier molecular flexibility index (Phi) is 4.36. The zero-order valence-corrected chi connectivity index (χ0v) is 14.3. The highest BCUT2D eigenvalue weighted by Gasteiger charge is 2.07. The van der Waals surface area contributed by atoms with E-state index in [2.05, 4.69) is 10.3 Å². The number of carbonyl (C=O) groups excluding carboxylic acids is 1. The summed E-state index contributed by atoms with van der Waals surface area (Å²) in [5.41, 5.74) is 1.79. The summed E-state index contributed by atoms with van der Waals surface area (Å²) in [6.45, 7) is 0. The number of thioether (sulfide) groups is 1. The lowest BCUT2D eigenvalue weighted by atomic mass is 10.1. The quantitative estimate of drug-likeness (QED) is 0.523. The number of hydrogen-bond acceptors (Lipinski definition) is 3. The molecule has 0 aliphatic heterocycles. The van der Waals surface area contributed by atoms with Crippen molar-refractivity contribution in [2.75, 3.05) is 11.1 Å². The molecule has 0 aliphatic rings. The van der Waals surface area contributed by atoms with E-state index < -0.39 is 0 Å². The lowest BCUT2D eigenvalue weighted by Gasteiger charge is -2.08. The third-order valence-electron chi connectivity index (χ3n) is 3.99. The molecule has 0 spiro atoms. The van der Waals surface area contributed by atoms with Crippen LogP contribution >= 0.6 is 11.8 Å². The first-order valence-corrected chi connectivity index (χ1v) is 9.04. The van der Waals surface area contributed by atoms with Gasteiger partial charge >= 0.3 is 0 Å². The normalized spacial score (nSPS) is 10.9. The van der Waals surface area contributed by atoms with Crippen LogP contribution in [0.3, 0.4) is 0 Å². The molecule has 1 aromatic heterocycles. The van der Waals surface area contributed by atoms with Crippen molar-refractivity contribution in [3.05, 3.63) is 78.9 Å². The average Bonchev–Trinajstić information content (AvgIpc) is 2.66. The van der Waals surface area contributed by atoms with Gasteiger partial charge in [-0.25, -0.2) is 4.98 Å². The summed E-state index contributed by atoms with van der Waals surface area (Å²) in [5, 5.41) is 7.13. The van der Waals surface area contributed by atoms with E-state index in [4.69, 9.17) is 0 Å². The van der Waals surface area contributed by atoms with Gasteiger partial charge in [0.15, 0.2) is 0 Å². The minimum Gasteiger partial charge on any atom is -0.325 e. The van der Waals surface area contributed by atoms with E-state index in [1.54, 1.807) is 0 Å². The molecule has 3 aromatic carbocycles. The predicted molar refractivity (Wildman–Crippen MR) is 105 cm³/mol. The van der Waals surface area contributed by atoms with Crippen molar-refractivity contribution < 1.29 is 4.79 Å². The summed E-state index contributed by atoms with van der Waals surface area (Å²) in [6.07, 6.45) is 0. The molecule has 1 heterocycles. The van der Waals surface area contributed by atoms with Crippen LogP contribution in [0.5, 0.6) is 0 Å². The second-order valence-corrected chi connectivity index (χ2v) is 6.70. The number of carbonyl (C=O) groups is 1. The summed E-state index contributed by atoms with van der Waals surface area (Å²) in [4.78, 5) is 16.9. The van der Waals surface area contributed by atoms with Gasteiger partial charge in [-0.05, 0) is 23.6 Å². The summed E-state index contributed by atoms with van der Waals surface area (Å²) < 4.78 is 0. The summed E-state index contributed by atoms with van der Waals surface area (Å²) >= 11 is 1.44. The smallest absolute Gasteiger partial charge is 0.234 e. The number of amides is 1. The zero-order chi connectivity index (χ0) is 17.1. The molecule has 0 atom stereocenters. The lowest BCUT2D eigenvalue weighted by Crippen LogP contribution is -2.14. The Hall–Kier alpha value is -2.85. The first kappa shape index (κ1) is 15.7. The van der Waals surface area contributed by atoms with E-state index in [1.807, 2.05) is 78.9 Å². The molecule has 122 valence electrons. The number of rotatable bonds is 4. The highest BCUT2D eigenvalue weighted by Crippen LogP contribution is 2.24. The predicted octanol–water partition coefficient (Wildman–Crippen LogP) is 5.12. The molecule has 0 radical (unpaired) electrons. The van der Waals surface area contributed by atoms with Crippen LogP contribution in [0.1, 0.15) is 0 Å². The Morgan fingerprint density at radius 1 is 0.840 bits per heavy atom. The van der Waals surface area contributed by atoms with Crippen LogP contribution in [0.4, 0.5) is 5.69 Å².